The molecule has 0 fully saturated rings. The summed E-state index contributed by atoms with van der Waals surface area (Å²) in [6.07, 6.45) is 10.0. The van der Waals surface area contributed by atoms with Crippen LogP contribution in [0.4, 0.5) is 0 Å². The van der Waals surface area contributed by atoms with Gasteiger partial charge in [0.05, 0.1) is 0 Å². The number of benzene rings is 1. The molecule has 1 aromatic rings. The van der Waals surface area contributed by atoms with Crippen molar-refractivity contribution in [2.24, 2.45) is 0 Å². The fraction of sp³-hybridized carbons (Fsp3) is 0.0714. The topological polar surface area (TPSA) is 17.1 Å². The maximum Gasteiger partial charge on any atom is 0.182 e. The summed E-state index contributed by atoms with van der Waals surface area (Å²) in [6, 6.07) is 9.83. The molecule has 0 heterocycles. The van der Waals surface area contributed by atoms with Crippen LogP contribution in [0.25, 0.3) is 6.08 Å². The van der Waals surface area contributed by atoms with E-state index in [1.165, 1.54) is 0 Å². The van der Waals surface area contributed by atoms with Crippen LogP contribution in [0.2, 0.25) is 0 Å². The second-order valence-corrected chi connectivity index (χ2v) is 3.43. The molecule has 0 atom stereocenters. The molecule has 0 N–H and O–H groups in total. The van der Waals surface area contributed by atoms with E-state index in [0.717, 1.165) is 17.6 Å². The van der Waals surface area contributed by atoms with Crippen molar-refractivity contribution < 1.29 is 4.79 Å². The second kappa shape index (κ2) is 4.56. The van der Waals surface area contributed by atoms with Crippen LogP contribution in [-0.2, 0) is 4.79 Å². The maximum atomic E-state index is 11.6. The van der Waals surface area contributed by atoms with Gasteiger partial charge in [0.15, 0.2) is 5.78 Å². The Kier molecular flexibility index (Phi) is 2.93. The third-order valence-electron chi connectivity index (χ3n) is 2.31. The van der Waals surface area contributed by atoms with E-state index < -0.39 is 0 Å². The highest BCUT2D eigenvalue weighted by Crippen LogP contribution is 2.12. The van der Waals surface area contributed by atoms with Crippen LogP contribution >= 0.6 is 0 Å². The predicted molar refractivity (Wildman–Crippen MR) is 62.3 cm³/mol. The molecular formula is C14H12O. The van der Waals surface area contributed by atoms with Crippen LogP contribution in [-0.4, -0.2) is 5.78 Å². The Morgan fingerprint density at radius 1 is 1.20 bits per heavy atom. The molecule has 1 nitrogen and oxygen atoms in total. The number of ketones is 1. The summed E-state index contributed by atoms with van der Waals surface area (Å²) in [6.45, 7) is 0. The van der Waals surface area contributed by atoms with Gasteiger partial charge in [-0.2, -0.15) is 0 Å². The normalized spacial score (nSPS) is 14.5. The molecule has 0 unspecified atom stereocenters. The standard InChI is InChI=1S/C14H12O/c15-14(13-8-4-5-9-13)11-10-12-6-2-1-3-7-12/h1-8,10-11H,9H2. The second-order valence-electron chi connectivity index (χ2n) is 3.43. The minimum atomic E-state index is 0.101. The van der Waals surface area contributed by atoms with Gasteiger partial charge in [-0.15, -0.1) is 0 Å². The van der Waals surface area contributed by atoms with Gasteiger partial charge < -0.3 is 0 Å². The van der Waals surface area contributed by atoms with Crippen LogP contribution < -0.4 is 0 Å². The molecule has 74 valence electrons. The summed E-state index contributed by atoms with van der Waals surface area (Å²) in [5.74, 6) is 0.101. The highest BCUT2D eigenvalue weighted by atomic mass is 16.1. The van der Waals surface area contributed by atoms with E-state index in [1.54, 1.807) is 6.08 Å². The number of allylic oxidation sites excluding steroid dienone is 5. The van der Waals surface area contributed by atoms with Crippen LogP contribution in [0, 0.1) is 0 Å². The van der Waals surface area contributed by atoms with Gasteiger partial charge in [-0.25, -0.2) is 0 Å². The van der Waals surface area contributed by atoms with E-state index in [1.807, 2.05) is 54.6 Å². The number of hydrogen-bond acceptors (Lipinski definition) is 1. The third kappa shape index (κ3) is 2.53. The first-order chi connectivity index (χ1) is 7.36. The summed E-state index contributed by atoms with van der Waals surface area (Å²) in [4.78, 5) is 11.6. The Morgan fingerprint density at radius 2 is 2.00 bits per heavy atom. The lowest BCUT2D eigenvalue weighted by Crippen LogP contribution is -1.94. The summed E-state index contributed by atoms with van der Waals surface area (Å²) in [7, 11) is 0. The number of hydrogen-bond donors (Lipinski definition) is 0. The van der Waals surface area contributed by atoms with Gasteiger partial charge in [-0.05, 0) is 18.1 Å². The monoisotopic (exact) mass is 196 g/mol. The van der Waals surface area contributed by atoms with Crippen molar-refractivity contribution in [2.45, 2.75) is 6.42 Å². The van der Waals surface area contributed by atoms with Crippen molar-refractivity contribution in [1.29, 1.82) is 0 Å². The average Bonchev–Trinajstić information content (AvgIpc) is 2.81. The molecule has 0 radical (unpaired) electrons. The highest BCUT2D eigenvalue weighted by Gasteiger charge is 2.05. The van der Waals surface area contributed by atoms with Crippen molar-refractivity contribution in [2.75, 3.05) is 0 Å². The molecule has 1 heteroatoms. The summed E-state index contributed by atoms with van der Waals surface area (Å²) >= 11 is 0. The lowest BCUT2D eigenvalue weighted by molar-refractivity contribution is -0.111. The zero-order valence-electron chi connectivity index (χ0n) is 8.39. The molecule has 1 aliphatic carbocycles. The Labute approximate surface area is 89.4 Å². The fourth-order valence-electron chi connectivity index (χ4n) is 1.47. The molecule has 0 aliphatic heterocycles. The van der Waals surface area contributed by atoms with Crippen molar-refractivity contribution in [3.63, 3.8) is 0 Å². The molecule has 1 aliphatic rings. The highest BCUT2D eigenvalue weighted by molar-refractivity contribution is 6.07. The van der Waals surface area contributed by atoms with Gasteiger partial charge in [0, 0.05) is 5.57 Å². The Bertz CT molecular complexity index is 436. The Morgan fingerprint density at radius 3 is 2.67 bits per heavy atom. The molecule has 1 aromatic carbocycles. The van der Waals surface area contributed by atoms with E-state index in [4.69, 9.17) is 0 Å². The van der Waals surface area contributed by atoms with Crippen LogP contribution in [0.1, 0.15) is 12.0 Å². The molecule has 2 rings (SSSR count). The number of rotatable bonds is 3. The molecule has 0 spiro atoms. The van der Waals surface area contributed by atoms with E-state index in [-0.39, 0.29) is 5.78 Å². The molecule has 0 saturated carbocycles. The number of carbonyl (C=O) groups is 1. The smallest absolute Gasteiger partial charge is 0.182 e. The van der Waals surface area contributed by atoms with Crippen molar-refractivity contribution >= 4 is 11.9 Å². The van der Waals surface area contributed by atoms with Gasteiger partial charge in [0.2, 0.25) is 0 Å². The first-order valence-corrected chi connectivity index (χ1v) is 4.99. The van der Waals surface area contributed by atoms with Gasteiger partial charge >= 0.3 is 0 Å². The third-order valence-corrected chi connectivity index (χ3v) is 2.31. The zero-order chi connectivity index (χ0) is 10.5. The van der Waals surface area contributed by atoms with Crippen LogP contribution in [0.5, 0.6) is 0 Å². The van der Waals surface area contributed by atoms with Gasteiger partial charge in [0.1, 0.15) is 0 Å². The predicted octanol–water partition coefficient (Wildman–Crippen LogP) is 3.16. The lowest BCUT2D eigenvalue weighted by Gasteiger charge is -1.94. The molecule has 0 aromatic heterocycles. The minimum Gasteiger partial charge on any atom is -0.290 e. The maximum absolute atomic E-state index is 11.6. The van der Waals surface area contributed by atoms with Gasteiger partial charge in [-0.3, -0.25) is 4.79 Å². The largest absolute Gasteiger partial charge is 0.290 e. The fourth-order valence-corrected chi connectivity index (χ4v) is 1.47. The SMILES string of the molecule is O=C(C=Cc1ccccc1)C1=CC=CC1. The van der Waals surface area contributed by atoms with Crippen molar-refractivity contribution in [3.05, 3.63) is 65.8 Å². The lowest BCUT2D eigenvalue weighted by atomic mass is 10.1. The minimum absolute atomic E-state index is 0.101. The summed E-state index contributed by atoms with van der Waals surface area (Å²) in [5.41, 5.74) is 1.92. The zero-order valence-corrected chi connectivity index (χ0v) is 8.39. The first-order valence-electron chi connectivity index (χ1n) is 4.99. The molecular weight excluding hydrogens is 184 g/mol. The van der Waals surface area contributed by atoms with Crippen LogP contribution in [0.3, 0.4) is 0 Å². The van der Waals surface area contributed by atoms with Crippen LogP contribution in [0.15, 0.2) is 60.2 Å². The van der Waals surface area contributed by atoms with E-state index in [0.29, 0.717) is 0 Å². The summed E-state index contributed by atoms with van der Waals surface area (Å²) in [5, 5.41) is 0. The average molecular weight is 196 g/mol. The molecule has 15 heavy (non-hydrogen) atoms. The molecule has 0 saturated heterocycles. The Balaban J connectivity index is 2.03. The van der Waals surface area contributed by atoms with Gasteiger partial charge in [-0.1, -0.05) is 54.6 Å². The first kappa shape index (κ1) is 9.66. The Hall–Kier alpha value is -1.89. The molecule has 0 amide bonds. The van der Waals surface area contributed by atoms with E-state index in [2.05, 4.69) is 0 Å². The van der Waals surface area contributed by atoms with Crippen molar-refractivity contribution in [3.8, 4) is 0 Å². The molecule has 0 bridgehead atoms. The van der Waals surface area contributed by atoms with E-state index in [9.17, 15) is 4.79 Å². The van der Waals surface area contributed by atoms with E-state index >= 15 is 0 Å². The van der Waals surface area contributed by atoms with Crippen molar-refractivity contribution in [1.82, 2.24) is 0 Å². The van der Waals surface area contributed by atoms with Gasteiger partial charge in [0.25, 0.3) is 0 Å². The summed E-state index contributed by atoms with van der Waals surface area (Å²) < 4.78 is 0. The quantitative estimate of drug-likeness (QED) is 0.679. The number of carbonyl (C=O) groups excluding carboxylic acids is 1.